The molecule has 0 saturated heterocycles. The number of hydrogen-bond donors (Lipinski definition) is 3. The van der Waals surface area contributed by atoms with Crippen LogP contribution in [0.15, 0.2) is 18.2 Å². The number of hydrogen-bond acceptors (Lipinski definition) is 3. The van der Waals surface area contributed by atoms with Gasteiger partial charge in [-0.15, -0.1) is 0 Å². The summed E-state index contributed by atoms with van der Waals surface area (Å²) < 4.78 is 0. The topological polar surface area (TPSA) is 77.8 Å². The summed E-state index contributed by atoms with van der Waals surface area (Å²) in [6.07, 6.45) is -3.17. The Kier molecular flexibility index (Phi) is 3.44. The first-order valence-corrected chi connectivity index (χ1v) is 4.59. The molecule has 4 heteroatoms. The number of aryl methyl sites for hydroxylation is 2. The van der Waals surface area contributed by atoms with Crippen LogP contribution in [0.25, 0.3) is 0 Å². The number of aliphatic hydroxyl groups excluding tert-OH is 2. The molecule has 0 aliphatic rings. The third-order valence-corrected chi connectivity index (χ3v) is 2.30. The molecule has 0 radical (unpaired) electrons. The van der Waals surface area contributed by atoms with Crippen molar-refractivity contribution in [3.63, 3.8) is 0 Å². The molecular formula is C11H14O4. The third kappa shape index (κ3) is 2.55. The lowest BCUT2D eigenvalue weighted by molar-refractivity contribution is -0.153. The zero-order chi connectivity index (χ0) is 11.6. The first kappa shape index (κ1) is 11.7. The predicted molar refractivity (Wildman–Crippen MR) is 54.5 cm³/mol. The fourth-order valence-electron chi connectivity index (χ4n) is 1.46. The average molecular weight is 210 g/mol. The van der Waals surface area contributed by atoms with Crippen molar-refractivity contribution in [1.82, 2.24) is 0 Å². The summed E-state index contributed by atoms with van der Waals surface area (Å²) in [5, 5.41) is 27.3. The van der Waals surface area contributed by atoms with E-state index in [2.05, 4.69) is 0 Å². The molecule has 4 nitrogen and oxygen atoms in total. The minimum Gasteiger partial charge on any atom is -0.479 e. The molecule has 0 aliphatic heterocycles. The monoisotopic (exact) mass is 210 g/mol. The molecule has 0 amide bonds. The van der Waals surface area contributed by atoms with Gasteiger partial charge in [-0.1, -0.05) is 23.8 Å². The van der Waals surface area contributed by atoms with E-state index >= 15 is 0 Å². The van der Waals surface area contributed by atoms with E-state index in [9.17, 15) is 15.0 Å². The summed E-state index contributed by atoms with van der Waals surface area (Å²) >= 11 is 0. The maximum absolute atomic E-state index is 10.5. The van der Waals surface area contributed by atoms with Gasteiger partial charge in [0.1, 0.15) is 6.10 Å². The molecule has 1 aromatic carbocycles. The van der Waals surface area contributed by atoms with Crippen molar-refractivity contribution >= 4 is 5.97 Å². The summed E-state index contributed by atoms with van der Waals surface area (Å²) in [5.74, 6) is -1.43. The van der Waals surface area contributed by atoms with Gasteiger partial charge >= 0.3 is 5.97 Å². The van der Waals surface area contributed by atoms with Crippen molar-refractivity contribution in [2.24, 2.45) is 0 Å². The number of aliphatic hydroxyl groups is 2. The average Bonchev–Trinajstić information content (AvgIpc) is 2.15. The van der Waals surface area contributed by atoms with Crippen molar-refractivity contribution < 1.29 is 20.1 Å². The van der Waals surface area contributed by atoms with E-state index in [1.54, 1.807) is 19.1 Å². The van der Waals surface area contributed by atoms with Crippen LogP contribution in [0.3, 0.4) is 0 Å². The molecule has 2 atom stereocenters. The third-order valence-electron chi connectivity index (χ3n) is 2.30. The lowest BCUT2D eigenvalue weighted by atomic mass is 9.98. The van der Waals surface area contributed by atoms with E-state index in [4.69, 9.17) is 5.11 Å². The summed E-state index contributed by atoms with van der Waals surface area (Å²) in [7, 11) is 0. The Morgan fingerprint density at radius 3 is 2.33 bits per heavy atom. The predicted octanol–water partition coefficient (Wildman–Crippen LogP) is 0.782. The first-order valence-electron chi connectivity index (χ1n) is 4.59. The smallest absolute Gasteiger partial charge is 0.335 e. The molecule has 15 heavy (non-hydrogen) atoms. The quantitative estimate of drug-likeness (QED) is 0.689. The number of aliphatic carboxylic acids is 1. The van der Waals surface area contributed by atoms with Crippen LogP contribution in [0.1, 0.15) is 22.8 Å². The summed E-state index contributed by atoms with van der Waals surface area (Å²) in [5.41, 5.74) is 2.23. The van der Waals surface area contributed by atoms with E-state index < -0.39 is 18.2 Å². The highest BCUT2D eigenvalue weighted by Gasteiger charge is 2.25. The van der Waals surface area contributed by atoms with Gasteiger partial charge in [0.2, 0.25) is 0 Å². The molecule has 1 aromatic rings. The second-order valence-electron chi connectivity index (χ2n) is 3.59. The number of benzene rings is 1. The fourth-order valence-corrected chi connectivity index (χ4v) is 1.46. The molecule has 0 bridgehead atoms. The fraction of sp³-hybridized carbons (Fsp3) is 0.364. The van der Waals surface area contributed by atoms with Crippen LogP contribution in [0, 0.1) is 13.8 Å². The summed E-state index contributed by atoms with van der Waals surface area (Å²) in [6.45, 7) is 3.66. The zero-order valence-electron chi connectivity index (χ0n) is 8.64. The lowest BCUT2D eigenvalue weighted by Gasteiger charge is -2.16. The standard InChI is InChI=1S/C11H14O4/c1-6-3-4-8(7(2)5-6)9(12)10(13)11(14)15/h3-5,9-10,12-13H,1-2H3,(H,14,15). The molecule has 0 aromatic heterocycles. The van der Waals surface area contributed by atoms with E-state index in [1.807, 2.05) is 13.0 Å². The van der Waals surface area contributed by atoms with Crippen molar-refractivity contribution in [2.75, 3.05) is 0 Å². The van der Waals surface area contributed by atoms with Crippen molar-refractivity contribution in [2.45, 2.75) is 26.1 Å². The molecule has 0 heterocycles. The van der Waals surface area contributed by atoms with Crippen LogP contribution in [0.5, 0.6) is 0 Å². The molecule has 0 saturated carbocycles. The molecule has 0 aliphatic carbocycles. The number of rotatable bonds is 3. The van der Waals surface area contributed by atoms with E-state index in [-0.39, 0.29) is 0 Å². The van der Waals surface area contributed by atoms with Crippen LogP contribution in [-0.4, -0.2) is 27.4 Å². The van der Waals surface area contributed by atoms with Gasteiger partial charge in [0.05, 0.1) is 0 Å². The molecular weight excluding hydrogens is 196 g/mol. The largest absolute Gasteiger partial charge is 0.479 e. The van der Waals surface area contributed by atoms with Gasteiger partial charge < -0.3 is 15.3 Å². The second-order valence-corrected chi connectivity index (χ2v) is 3.59. The van der Waals surface area contributed by atoms with Gasteiger partial charge in [-0.2, -0.15) is 0 Å². The van der Waals surface area contributed by atoms with E-state index in [1.165, 1.54) is 0 Å². The summed E-state index contributed by atoms with van der Waals surface area (Å²) in [4.78, 5) is 10.5. The Morgan fingerprint density at radius 1 is 1.27 bits per heavy atom. The van der Waals surface area contributed by atoms with Gasteiger partial charge in [-0.05, 0) is 25.0 Å². The van der Waals surface area contributed by atoms with Crippen LogP contribution < -0.4 is 0 Å². The number of carboxylic acid groups (broad SMARTS) is 1. The van der Waals surface area contributed by atoms with E-state index in [0.717, 1.165) is 11.1 Å². The highest BCUT2D eigenvalue weighted by molar-refractivity contribution is 5.73. The van der Waals surface area contributed by atoms with Crippen LogP contribution in [0.2, 0.25) is 0 Å². The van der Waals surface area contributed by atoms with Gasteiger partial charge in [0, 0.05) is 0 Å². The number of carboxylic acids is 1. The molecule has 2 unspecified atom stereocenters. The first-order chi connectivity index (χ1) is 6.93. The Hall–Kier alpha value is -1.39. The zero-order valence-corrected chi connectivity index (χ0v) is 8.64. The maximum atomic E-state index is 10.5. The second kappa shape index (κ2) is 4.42. The molecule has 3 N–H and O–H groups in total. The highest BCUT2D eigenvalue weighted by atomic mass is 16.4. The normalized spacial score (nSPS) is 14.7. The molecule has 0 spiro atoms. The summed E-state index contributed by atoms with van der Waals surface area (Å²) in [6, 6.07) is 5.22. The van der Waals surface area contributed by atoms with Crippen LogP contribution in [0.4, 0.5) is 0 Å². The van der Waals surface area contributed by atoms with Crippen LogP contribution in [-0.2, 0) is 4.79 Å². The number of carbonyl (C=O) groups is 1. The Labute approximate surface area is 87.8 Å². The minimum absolute atomic E-state index is 0.440. The highest BCUT2D eigenvalue weighted by Crippen LogP contribution is 2.21. The lowest BCUT2D eigenvalue weighted by Crippen LogP contribution is -2.27. The van der Waals surface area contributed by atoms with Crippen LogP contribution >= 0.6 is 0 Å². The van der Waals surface area contributed by atoms with Crippen molar-refractivity contribution in [3.05, 3.63) is 34.9 Å². The van der Waals surface area contributed by atoms with Gasteiger partial charge in [-0.3, -0.25) is 0 Å². The van der Waals surface area contributed by atoms with Crippen molar-refractivity contribution in [1.29, 1.82) is 0 Å². The Bertz CT molecular complexity index is 373. The minimum atomic E-state index is -1.79. The maximum Gasteiger partial charge on any atom is 0.335 e. The SMILES string of the molecule is Cc1ccc(C(O)C(O)C(=O)O)c(C)c1. The Morgan fingerprint density at radius 2 is 1.87 bits per heavy atom. The van der Waals surface area contributed by atoms with Gasteiger partial charge in [0.25, 0.3) is 0 Å². The molecule has 82 valence electrons. The van der Waals surface area contributed by atoms with E-state index in [0.29, 0.717) is 5.56 Å². The molecule has 0 fully saturated rings. The molecule has 1 rings (SSSR count). The Balaban J connectivity index is 3.01. The van der Waals surface area contributed by atoms with Crippen molar-refractivity contribution in [3.8, 4) is 0 Å². The van der Waals surface area contributed by atoms with Gasteiger partial charge in [-0.25, -0.2) is 4.79 Å². The van der Waals surface area contributed by atoms with Gasteiger partial charge in [0.15, 0.2) is 6.10 Å².